The lowest BCUT2D eigenvalue weighted by Crippen LogP contribution is -2.30. The van der Waals surface area contributed by atoms with Gasteiger partial charge in [0.1, 0.15) is 0 Å². The van der Waals surface area contributed by atoms with Gasteiger partial charge in [-0.05, 0) is 37.5 Å². The molecule has 2 aromatic rings. The van der Waals surface area contributed by atoms with Gasteiger partial charge in [-0.1, -0.05) is 6.07 Å². The Balaban J connectivity index is 1.96. The number of carboxylic acid groups (broad SMARTS) is 1. The van der Waals surface area contributed by atoms with Crippen molar-refractivity contribution < 1.29 is 9.90 Å². The largest absolute Gasteiger partial charge is 0.478 e. The SMILES string of the molecule is Cc1c(CN2CCCc3c(C(=O)O)cccc32)cnn1C. The average Bonchev–Trinajstić information content (AvgIpc) is 2.79. The van der Waals surface area contributed by atoms with E-state index in [9.17, 15) is 9.90 Å². The van der Waals surface area contributed by atoms with Crippen LogP contribution in [-0.2, 0) is 20.0 Å². The van der Waals surface area contributed by atoms with Crippen molar-refractivity contribution in [3.8, 4) is 0 Å². The van der Waals surface area contributed by atoms with Crippen molar-refractivity contribution in [2.45, 2.75) is 26.3 Å². The lowest BCUT2D eigenvalue weighted by molar-refractivity contribution is 0.0695. The summed E-state index contributed by atoms with van der Waals surface area (Å²) >= 11 is 0. The first-order valence-electron chi connectivity index (χ1n) is 7.15. The molecule has 0 unspecified atom stereocenters. The van der Waals surface area contributed by atoms with Gasteiger partial charge in [-0.2, -0.15) is 5.10 Å². The highest BCUT2D eigenvalue weighted by molar-refractivity contribution is 5.91. The number of fused-ring (bicyclic) bond motifs is 1. The van der Waals surface area contributed by atoms with Crippen LogP contribution in [0.3, 0.4) is 0 Å². The molecule has 110 valence electrons. The molecular weight excluding hydrogens is 266 g/mol. The summed E-state index contributed by atoms with van der Waals surface area (Å²) in [6, 6.07) is 5.54. The first-order chi connectivity index (χ1) is 10.1. The second-order valence-electron chi connectivity index (χ2n) is 5.51. The van der Waals surface area contributed by atoms with E-state index in [4.69, 9.17) is 0 Å². The van der Waals surface area contributed by atoms with Crippen LogP contribution in [0, 0.1) is 6.92 Å². The number of hydrogen-bond donors (Lipinski definition) is 1. The maximum Gasteiger partial charge on any atom is 0.336 e. The van der Waals surface area contributed by atoms with Crippen molar-refractivity contribution in [3.63, 3.8) is 0 Å². The Morgan fingerprint density at radius 2 is 2.24 bits per heavy atom. The van der Waals surface area contributed by atoms with Gasteiger partial charge in [0.25, 0.3) is 0 Å². The van der Waals surface area contributed by atoms with Gasteiger partial charge < -0.3 is 10.0 Å². The highest BCUT2D eigenvalue weighted by Gasteiger charge is 2.22. The van der Waals surface area contributed by atoms with Crippen LogP contribution >= 0.6 is 0 Å². The molecule has 5 nitrogen and oxygen atoms in total. The third-order valence-corrected chi connectivity index (χ3v) is 4.28. The molecule has 1 aliphatic heterocycles. The maximum absolute atomic E-state index is 11.4. The van der Waals surface area contributed by atoms with E-state index in [0.29, 0.717) is 5.56 Å². The van der Waals surface area contributed by atoms with Crippen LogP contribution in [0.4, 0.5) is 5.69 Å². The van der Waals surface area contributed by atoms with Crippen LogP contribution in [0.15, 0.2) is 24.4 Å². The molecule has 0 amide bonds. The zero-order chi connectivity index (χ0) is 15.0. The molecule has 0 saturated heterocycles. The van der Waals surface area contributed by atoms with E-state index in [0.717, 1.165) is 42.9 Å². The van der Waals surface area contributed by atoms with Crippen molar-refractivity contribution in [1.29, 1.82) is 0 Å². The molecule has 0 aliphatic carbocycles. The molecule has 1 N–H and O–H groups in total. The molecular formula is C16H19N3O2. The number of aryl methyl sites for hydroxylation is 1. The average molecular weight is 285 g/mol. The van der Waals surface area contributed by atoms with Gasteiger partial charge in [-0.15, -0.1) is 0 Å². The molecule has 0 spiro atoms. The molecule has 0 atom stereocenters. The summed E-state index contributed by atoms with van der Waals surface area (Å²) in [5.41, 5.74) is 4.77. The summed E-state index contributed by atoms with van der Waals surface area (Å²) in [6.45, 7) is 3.78. The van der Waals surface area contributed by atoms with Crippen molar-refractivity contribution >= 4 is 11.7 Å². The summed E-state index contributed by atoms with van der Waals surface area (Å²) in [6.07, 6.45) is 3.71. The fourth-order valence-corrected chi connectivity index (χ4v) is 2.97. The zero-order valence-corrected chi connectivity index (χ0v) is 12.3. The monoisotopic (exact) mass is 285 g/mol. The molecule has 1 aromatic heterocycles. The van der Waals surface area contributed by atoms with Gasteiger partial charge in [0.2, 0.25) is 0 Å². The summed E-state index contributed by atoms with van der Waals surface area (Å²) in [5.74, 6) is -0.841. The van der Waals surface area contributed by atoms with E-state index in [1.165, 1.54) is 5.56 Å². The van der Waals surface area contributed by atoms with Gasteiger partial charge in [-0.25, -0.2) is 4.79 Å². The summed E-state index contributed by atoms with van der Waals surface area (Å²) in [4.78, 5) is 13.6. The first kappa shape index (κ1) is 13.7. The zero-order valence-electron chi connectivity index (χ0n) is 12.3. The van der Waals surface area contributed by atoms with E-state index in [-0.39, 0.29) is 0 Å². The number of benzene rings is 1. The van der Waals surface area contributed by atoms with E-state index in [1.54, 1.807) is 6.07 Å². The molecule has 5 heteroatoms. The Bertz CT molecular complexity index is 691. The van der Waals surface area contributed by atoms with E-state index >= 15 is 0 Å². The molecule has 3 rings (SSSR count). The van der Waals surface area contributed by atoms with Gasteiger partial charge >= 0.3 is 5.97 Å². The predicted octanol–water partition coefficient (Wildman–Crippen LogP) is 2.38. The summed E-state index contributed by atoms with van der Waals surface area (Å²) in [7, 11) is 1.94. The number of carboxylic acids is 1. The molecule has 1 aromatic carbocycles. The number of anilines is 1. The quantitative estimate of drug-likeness (QED) is 0.940. The number of rotatable bonds is 3. The lowest BCUT2D eigenvalue weighted by Gasteiger charge is -2.32. The number of hydrogen-bond acceptors (Lipinski definition) is 3. The molecule has 21 heavy (non-hydrogen) atoms. The Morgan fingerprint density at radius 3 is 2.90 bits per heavy atom. The molecule has 0 bridgehead atoms. The number of aromatic nitrogens is 2. The van der Waals surface area contributed by atoms with E-state index < -0.39 is 5.97 Å². The Kier molecular flexibility index (Phi) is 3.41. The van der Waals surface area contributed by atoms with Crippen molar-refractivity contribution in [3.05, 3.63) is 46.8 Å². The highest BCUT2D eigenvalue weighted by atomic mass is 16.4. The Morgan fingerprint density at radius 1 is 1.43 bits per heavy atom. The van der Waals surface area contributed by atoms with Crippen molar-refractivity contribution in [2.24, 2.45) is 7.05 Å². The van der Waals surface area contributed by atoms with Crippen LogP contribution in [0.1, 0.15) is 33.6 Å². The smallest absolute Gasteiger partial charge is 0.336 e. The fourth-order valence-electron chi connectivity index (χ4n) is 2.97. The molecule has 0 radical (unpaired) electrons. The van der Waals surface area contributed by atoms with Gasteiger partial charge in [-0.3, -0.25) is 4.68 Å². The van der Waals surface area contributed by atoms with Gasteiger partial charge in [0.05, 0.1) is 11.8 Å². The summed E-state index contributed by atoms with van der Waals surface area (Å²) in [5, 5.41) is 13.6. The third kappa shape index (κ3) is 2.39. The predicted molar refractivity (Wildman–Crippen MR) is 80.7 cm³/mol. The minimum absolute atomic E-state index is 0.431. The molecule has 1 aliphatic rings. The minimum atomic E-state index is -0.841. The number of aromatic carboxylic acids is 1. The minimum Gasteiger partial charge on any atom is -0.478 e. The normalized spacial score (nSPS) is 14.1. The van der Waals surface area contributed by atoms with Crippen LogP contribution < -0.4 is 4.90 Å². The van der Waals surface area contributed by atoms with Crippen LogP contribution in [-0.4, -0.2) is 27.4 Å². The Hall–Kier alpha value is -2.30. The van der Waals surface area contributed by atoms with Crippen LogP contribution in [0.2, 0.25) is 0 Å². The second-order valence-corrected chi connectivity index (χ2v) is 5.51. The Labute approximate surface area is 123 Å². The number of nitrogens with zero attached hydrogens (tertiary/aromatic N) is 3. The summed E-state index contributed by atoms with van der Waals surface area (Å²) < 4.78 is 1.87. The molecule has 0 saturated carbocycles. The van der Waals surface area contributed by atoms with Gasteiger partial charge in [0.15, 0.2) is 0 Å². The molecule has 2 heterocycles. The molecule has 0 fully saturated rings. The van der Waals surface area contributed by atoms with Crippen LogP contribution in [0.5, 0.6) is 0 Å². The van der Waals surface area contributed by atoms with Gasteiger partial charge in [0, 0.05) is 37.1 Å². The first-order valence-corrected chi connectivity index (χ1v) is 7.15. The standard InChI is InChI=1S/C16H19N3O2/c1-11-12(9-17-18(11)2)10-19-8-4-6-13-14(16(20)21)5-3-7-15(13)19/h3,5,7,9H,4,6,8,10H2,1-2H3,(H,20,21). The van der Waals surface area contributed by atoms with Crippen molar-refractivity contribution in [2.75, 3.05) is 11.4 Å². The van der Waals surface area contributed by atoms with E-state index in [1.807, 2.05) is 30.1 Å². The van der Waals surface area contributed by atoms with E-state index in [2.05, 4.69) is 16.9 Å². The lowest BCUT2D eigenvalue weighted by atomic mass is 9.96. The third-order valence-electron chi connectivity index (χ3n) is 4.28. The highest BCUT2D eigenvalue weighted by Crippen LogP contribution is 2.31. The number of carbonyl (C=O) groups is 1. The maximum atomic E-state index is 11.4. The van der Waals surface area contributed by atoms with Crippen LogP contribution in [0.25, 0.3) is 0 Å². The topological polar surface area (TPSA) is 58.4 Å². The van der Waals surface area contributed by atoms with Crippen molar-refractivity contribution in [1.82, 2.24) is 9.78 Å². The fraction of sp³-hybridized carbons (Fsp3) is 0.375. The second kappa shape index (κ2) is 5.24.